The number of carbonyl (C=O) groups excluding carboxylic acids is 1. The van der Waals surface area contributed by atoms with Crippen molar-refractivity contribution in [2.75, 3.05) is 11.9 Å². The van der Waals surface area contributed by atoms with Crippen molar-refractivity contribution in [1.29, 1.82) is 0 Å². The summed E-state index contributed by atoms with van der Waals surface area (Å²) in [7, 11) is 0. The van der Waals surface area contributed by atoms with Crippen LogP contribution in [0.2, 0.25) is 10.0 Å². The summed E-state index contributed by atoms with van der Waals surface area (Å²) in [6.45, 7) is 0.0114. The molecule has 1 aromatic carbocycles. The fraction of sp³-hybridized carbons (Fsp3) is 0.154. The van der Waals surface area contributed by atoms with E-state index in [1.807, 2.05) is 0 Å². The molecule has 2 amide bonds. The van der Waals surface area contributed by atoms with E-state index in [0.29, 0.717) is 21.5 Å². The van der Waals surface area contributed by atoms with Crippen LogP contribution in [0, 0.1) is 0 Å². The lowest BCUT2D eigenvalue weighted by Crippen LogP contribution is -2.32. The van der Waals surface area contributed by atoms with Crippen LogP contribution in [0.4, 0.5) is 10.5 Å². The average Bonchev–Trinajstić information content (AvgIpc) is 2.94. The van der Waals surface area contributed by atoms with Gasteiger partial charge in [-0.3, -0.25) is 0 Å². The number of rotatable bonds is 4. The molecule has 0 aliphatic carbocycles. The Labute approximate surface area is 125 Å². The molecule has 5 nitrogen and oxygen atoms in total. The Hall–Kier alpha value is -1.69. The number of halogens is 2. The topological polar surface area (TPSA) is 74.5 Å². The Bertz CT molecular complexity index is 587. The Morgan fingerprint density at radius 1 is 1.35 bits per heavy atom. The molecule has 2 aromatic rings. The second kappa shape index (κ2) is 6.65. The van der Waals surface area contributed by atoms with Crippen LogP contribution < -0.4 is 10.6 Å². The molecular formula is C13H12Cl2N2O3. The number of aliphatic hydroxyl groups excluding tert-OH is 1. The third-order valence-corrected chi connectivity index (χ3v) is 3.07. The third-order valence-electron chi connectivity index (χ3n) is 2.50. The predicted octanol–water partition coefficient (Wildman–Crippen LogP) is 3.44. The molecule has 20 heavy (non-hydrogen) atoms. The van der Waals surface area contributed by atoms with Crippen LogP contribution in [0.3, 0.4) is 0 Å². The van der Waals surface area contributed by atoms with Gasteiger partial charge in [-0.15, -0.1) is 0 Å². The van der Waals surface area contributed by atoms with Crippen LogP contribution in [0.1, 0.15) is 11.9 Å². The van der Waals surface area contributed by atoms with Gasteiger partial charge in [0.25, 0.3) is 0 Å². The number of hydrogen-bond acceptors (Lipinski definition) is 3. The van der Waals surface area contributed by atoms with Crippen molar-refractivity contribution in [3.05, 3.63) is 52.4 Å². The van der Waals surface area contributed by atoms with Gasteiger partial charge in [0.05, 0.1) is 23.5 Å². The zero-order valence-electron chi connectivity index (χ0n) is 10.3. The molecule has 0 bridgehead atoms. The van der Waals surface area contributed by atoms with E-state index in [4.69, 9.17) is 27.6 Å². The first kappa shape index (κ1) is 14.7. The molecule has 0 fully saturated rings. The van der Waals surface area contributed by atoms with E-state index in [1.54, 1.807) is 24.3 Å². The molecule has 0 aliphatic heterocycles. The highest BCUT2D eigenvalue weighted by atomic mass is 35.5. The number of nitrogens with one attached hydrogen (secondary N) is 2. The van der Waals surface area contributed by atoms with E-state index in [1.165, 1.54) is 12.3 Å². The maximum absolute atomic E-state index is 11.7. The molecule has 7 heteroatoms. The molecule has 3 N–H and O–H groups in total. The summed E-state index contributed by atoms with van der Waals surface area (Å²) in [4.78, 5) is 11.7. The zero-order valence-corrected chi connectivity index (χ0v) is 11.8. The number of amides is 2. The van der Waals surface area contributed by atoms with Gasteiger partial charge in [-0.2, -0.15) is 0 Å². The lowest BCUT2D eigenvalue weighted by Gasteiger charge is -2.11. The van der Waals surface area contributed by atoms with Crippen LogP contribution in [0.15, 0.2) is 41.0 Å². The maximum atomic E-state index is 11.7. The van der Waals surface area contributed by atoms with E-state index in [2.05, 4.69) is 10.6 Å². The molecule has 2 rings (SSSR count). The summed E-state index contributed by atoms with van der Waals surface area (Å²) in [5.74, 6) is 0.381. The lowest BCUT2D eigenvalue weighted by atomic mass is 10.3. The highest BCUT2D eigenvalue weighted by molar-refractivity contribution is 6.35. The Kier molecular flexibility index (Phi) is 4.89. The smallest absolute Gasteiger partial charge is 0.319 e. The molecule has 1 unspecified atom stereocenters. The van der Waals surface area contributed by atoms with Crippen molar-refractivity contribution in [2.24, 2.45) is 0 Å². The van der Waals surface area contributed by atoms with Gasteiger partial charge in [-0.25, -0.2) is 4.79 Å². The first-order chi connectivity index (χ1) is 9.56. The normalized spacial score (nSPS) is 11.9. The van der Waals surface area contributed by atoms with Gasteiger partial charge < -0.3 is 20.2 Å². The van der Waals surface area contributed by atoms with Crippen molar-refractivity contribution < 1.29 is 14.3 Å². The van der Waals surface area contributed by atoms with Gasteiger partial charge in [0.1, 0.15) is 11.9 Å². The summed E-state index contributed by atoms with van der Waals surface area (Å²) in [5, 5.41) is 15.6. The second-order valence-electron chi connectivity index (χ2n) is 3.99. The number of aliphatic hydroxyl groups is 1. The molecule has 1 atom stereocenters. The van der Waals surface area contributed by atoms with E-state index in [0.717, 1.165) is 0 Å². The SMILES string of the molecule is O=C(NCC(O)c1ccco1)Nc1cc(Cl)ccc1Cl. The van der Waals surface area contributed by atoms with Gasteiger partial charge in [0.2, 0.25) is 0 Å². The Morgan fingerprint density at radius 3 is 2.85 bits per heavy atom. The van der Waals surface area contributed by atoms with E-state index in [-0.39, 0.29) is 6.54 Å². The number of furan rings is 1. The molecule has 1 heterocycles. The number of hydrogen-bond donors (Lipinski definition) is 3. The van der Waals surface area contributed by atoms with Gasteiger partial charge in [0.15, 0.2) is 0 Å². The minimum absolute atomic E-state index is 0.0114. The molecular weight excluding hydrogens is 303 g/mol. The first-order valence-corrected chi connectivity index (χ1v) is 6.53. The van der Waals surface area contributed by atoms with Gasteiger partial charge in [0, 0.05) is 5.02 Å². The first-order valence-electron chi connectivity index (χ1n) is 5.77. The standard InChI is InChI=1S/C13H12Cl2N2O3/c14-8-3-4-9(15)10(6-8)17-13(19)16-7-11(18)12-2-1-5-20-12/h1-6,11,18H,7H2,(H2,16,17,19). The van der Waals surface area contributed by atoms with E-state index in [9.17, 15) is 9.90 Å². The van der Waals surface area contributed by atoms with Crippen LogP contribution in [0.5, 0.6) is 0 Å². The number of urea groups is 1. The Balaban J connectivity index is 1.88. The molecule has 0 aliphatic rings. The monoisotopic (exact) mass is 314 g/mol. The minimum Gasteiger partial charge on any atom is -0.467 e. The molecule has 1 aromatic heterocycles. The highest BCUT2D eigenvalue weighted by Crippen LogP contribution is 2.25. The van der Waals surface area contributed by atoms with E-state index < -0.39 is 12.1 Å². The predicted molar refractivity (Wildman–Crippen MR) is 77.2 cm³/mol. The van der Waals surface area contributed by atoms with Gasteiger partial charge in [-0.05, 0) is 30.3 Å². The number of benzene rings is 1. The van der Waals surface area contributed by atoms with Crippen LogP contribution in [0.25, 0.3) is 0 Å². The summed E-state index contributed by atoms with van der Waals surface area (Å²) in [5.41, 5.74) is 0.393. The van der Waals surface area contributed by atoms with Crippen LogP contribution in [-0.4, -0.2) is 17.7 Å². The minimum atomic E-state index is -0.911. The summed E-state index contributed by atoms with van der Waals surface area (Å²) in [6, 6.07) is 7.51. The maximum Gasteiger partial charge on any atom is 0.319 e. The fourth-order valence-corrected chi connectivity index (χ4v) is 1.87. The van der Waals surface area contributed by atoms with Crippen molar-refractivity contribution in [2.45, 2.75) is 6.10 Å². The number of anilines is 1. The quantitative estimate of drug-likeness (QED) is 0.809. The van der Waals surface area contributed by atoms with Gasteiger partial charge in [-0.1, -0.05) is 23.2 Å². The fourth-order valence-electron chi connectivity index (χ4n) is 1.53. The highest BCUT2D eigenvalue weighted by Gasteiger charge is 2.12. The second-order valence-corrected chi connectivity index (χ2v) is 4.83. The van der Waals surface area contributed by atoms with E-state index >= 15 is 0 Å². The van der Waals surface area contributed by atoms with Crippen molar-refractivity contribution in [1.82, 2.24) is 5.32 Å². The summed E-state index contributed by atoms with van der Waals surface area (Å²) >= 11 is 11.7. The van der Waals surface area contributed by atoms with Crippen molar-refractivity contribution in [3.63, 3.8) is 0 Å². The molecule has 0 radical (unpaired) electrons. The molecule has 0 saturated carbocycles. The summed E-state index contributed by atoms with van der Waals surface area (Å²) < 4.78 is 5.02. The number of carbonyl (C=O) groups is 1. The van der Waals surface area contributed by atoms with Gasteiger partial charge >= 0.3 is 6.03 Å². The zero-order chi connectivity index (χ0) is 14.5. The van der Waals surface area contributed by atoms with Crippen molar-refractivity contribution >= 4 is 34.9 Å². The third kappa shape index (κ3) is 3.90. The molecule has 0 spiro atoms. The lowest BCUT2D eigenvalue weighted by molar-refractivity contribution is 0.149. The molecule has 106 valence electrons. The summed E-state index contributed by atoms with van der Waals surface area (Å²) in [6.07, 6.45) is 0.537. The Morgan fingerprint density at radius 2 is 2.15 bits per heavy atom. The van der Waals surface area contributed by atoms with Crippen LogP contribution in [-0.2, 0) is 0 Å². The van der Waals surface area contributed by atoms with Crippen LogP contribution >= 0.6 is 23.2 Å². The largest absolute Gasteiger partial charge is 0.467 e. The molecule has 0 saturated heterocycles. The average molecular weight is 315 g/mol. The van der Waals surface area contributed by atoms with Crippen molar-refractivity contribution in [3.8, 4) is 0 Å².